The molecule has 23 heavy (non-hydrogen) atoms. The van der Waals surface area contributed by atoms with Crippen LogP contribution in [0.3, 0.4) is 0 Å². The number of methoxy groups -OCH3 is 2. The van der Waals surface area contributed by atoms with Gasteiger partial charge in [0.25, 0.3) is 0 Å². The predicted molar refractivity (Wildman–Crippen MR) is 96.9 cm³/mol. The molecule has 1 saturated heterocycles. The average molecular weight is 364 g/mol. The van der Waals surface area contributed by atoms with E-state index in [0.29, 0.717) is 32.4 Å². The molecule has 1 aliphatic rings. The minimum absolute atomic E-state index is 0.102. The van der Waals surface area contributed by atoms with Gasteiger partial charge in [-0.15, -0.1) is 11.7 Å². The molecule has 0 aromatic rings. The maximum Gasteiger partial charge on any atom is 0.222 e. The van der Waals surface area contributed by atoms with Crippen molar-refractivity contribution >= 4 is 34.1 Å². The summed E-state index contributed by atoms with van der Waals surface area (Å²) in [6.07, 6.45) is 5.07. The fraction of sp³-hybridized carbons (Fsp3) is 0.875. The Balaban J connectivity index is 2.23. The number of thiol groups is 1. The van der Waals surface area contributed by atoms with Gasteiger partial charge in [-0.3, -0.25) is 9.59 Å². The molecule has 134 valence electrons. The van der Waals surface area contributed by atoms with Gasteiger partial charge in [0.15, 0.2) is 0 Å². The number of rotatable bonds is 12. The molecule has 1 amide bonds. The highest BCUT2D eigenvalue weighted by molar-refractivity contribution is 8.68. The quantitative estimate of drug-likeness (QED) is 0.328. The number of Topliss-reactive ketones (excluding diaryl/α,β-unsaturated/α-hetero) is 1. The Morgan fingerprint density at radius 1 is 1.17 bits per heavy atom. The maximum absolute atomic E-state index is 12.4. The van der Waals surface area contributed by atoms with Crippen molar-refractivity contribution in [1.82, 2.24) is 4.90 Å². The van der Waals surface area contributed by atoms with Gasteiger partial charge in [-0.05, 0) is 25.7 Å². The molecule has 7 heteroatoms. The van der Waals surface area contributed by atoms with Gasteiger partial charge in [0, 0.05) is 45.8 Å². The van der Waals surface area contributed by atoms with E-state index in [2.05, 4.69) is 11.7 Å². The van der Waals surface area contributed by atoms with Gasteiger partial charge in [0.2, 0.25) is 5.91 Å². The Morgan fingerprint density at radius 2 is 1.87 bits per heavy atom. The van der Waals surface area contributed by atoms with Crippen LogP contribution in [0.1, 0.15) is 44.9 Å². The molecule has 0 aromatic carbocycles. The van der Waals surface area contributed by atoms with Gasteiger partial charge in [0.05, 0.1) is 18.8 Å². The highest BCUT2D eigenvalue weighted by Crippen LogP contribution is 2.22. The molecule has 0 spiro atoms. The lowest BCUT2D eigenvalue weighted by Gasteiger charge is -2.23. The number of hydrogen-bond donors (Lipinski definition) is 1. The Morgan fingerprint density at radius 3 is 2.52 bits per heavy atom. The molecule has 1 heterocycles. The average Bonchev–Trinajstić information content (AvgIpc) is 2.95. The minimum atomic E-state index is 0.102. The molecule has 0 N–H and O–H groups in total. The third-order valence-electron chi connectivity index (χ3n) is 4.18. The summed E-state index contributed by atoms with van der Waals surface area (Å²) in [5.74, 6) is 1.34. The summed E-state index contributed by atoms with van der Waals surface area (Å²) in [4.78, 5) is 25.9. The van der Waals surface area contributed by atoms with Crippen LogP contribution in [0.5, 0.6) is 0 Å². The largest absolute Gasteiger partial charge is 0.383 e. The van der Waals surface area contributed by atoms with Crippen molar-refractivity contribution < 1.29 is 19.1 Å². The SMILES string of the molecule is COC[C@H]1C[C@H](OC)CN1C(=O)CCCCC(=O)CCCSS. The number of unbranched alkanes of at least 4 members (excludes halogenated alkanes) is 1. The summed E-state index contributed by atoms with van der Waals surface area (Å²) in [6.45, 7) is 1.19. The Kier molecular flexibility index (Phi) is 11.0. The number of carbonyl (C=O) groups excluding carboxylic acids is 2. The number of ether oxygens (including phenoxy) is 2. The topological polar surface area (TPSA) is 55.8 Å². The van der Waals surface area contributed by atoms with E-state index in [1.54, 1.807) is 14.2 Å². The number of nitrogens with zero attached hydrogens (tertiary/aromatic N) is 1. The van der Waals surface area contributed by atoms with Crippen LogP contribution in [0.2, 0.25) is 0 Å². The highest BCUT2D eigenvalue weighted by atomic mass is 33.1. The van der Waals surface area contributed by atoms with Crippen molar-refractivity contribution in [3.8, 4) is 0 Å². The van der Waals surface area contributed by atoms with E-state index in [1.165, 1.54) is 10.8 Å². The zero-order valence-electron chi connectivity index (χ0n) is 14.2. The van der Waals surface area contributed by atoms with Gasteiger partial charge in [0.1, 0.15) is 5.78 Å². The molecule has 0 saturated carbocycles. The Hall–Kier alpha value is -0.240. The fourth-order valence-corrected chi connectivity index (χ4v) is 3.56. The first-order chi connectivity index (χ1) is 11.1. The molecule has 1 rings (SSSR count). The van der Waals surface area contributed by atoms with E-state index in [4.69, 9.17) is 9.47 Å². The van der Waals surface area contributed by atoms with Gasteiger partial charge in [-0.2, -0.15) is 0 Å². The van der Waals surface area contributed by atoms with Crippen molar-refractivity contribution in [1.29, 1.82) is 0 Å². The molecule has 1 aliphatic heterocycles. The van der Waals surface area contributed by atoms with Crippen LogP contribution in [0.15, 0.2) is 0 Å². The third-order valence-corrected chi connectivity index (χ3v) is 5.20. The van der Waals surface area contributed by atoms with E-state index in [-0.39, 0.29) is 23.8 Å². The number of hydrogen-bond acceptors (Lipinski definition) is 6. The van der Waals surface area contributed by atoms with Crippen LogP contribution >= 0.6 is 22.5 Å². The van der Waals surface area contributed by atoms with Crippen molar-refractivity contribution in [3.05, 3.63) is 0 Å². The molecule has 0 aromatic heterocycles. The molecule has 1 fully saturated rings. The molecule has 0 bridgehead atoms. The smallest absolute Gasteiger partial charge is 0.222 e. The first kappa shape index (κ1) is 20.8. The van der Waals surface area contributed by atoms with Crippen molar-refractivity contribution in [3.63, 3.8) is 0 Å². The van der Waals surface area contributed by atoms with Crippen LogP contribution in [0.4, 0.5) is 0 Å². The number of likely N-dealkylation sites (tertiary alicyclic amines) is 1. The van der Waals surface area contributed by atoms with Crippen LogP contribution in [-0.4, -0.2) is 61.9 Å². The normalized spacial score (nSPS) is 20.9. The van der Waals surface area contributed by atoms with E-state index in [0.717, 1.165) is 31.4 Å². The lowest BCUT2D eigenvalue weighted by molar-refractivity contribution is -0.133. The van der Waals surface area contributed by atoms with Crippen LogP contribution < -0.4 is 0 Å². The van der Waals surface area contributed by atoms with Gasteiger partial charge < -0.3 is 14.4 Å². The van der Waals surface area contributed by atoms with Crippen LogP contribution in [0, 0.1) is 0 Å². The third kappa shape index (κ3) is 7.92. The zero-order valence-corrected chi connectivity index (χ0v) is 15.9. The number of carbonyl (C=O) groups is 2. The van der Waals surface area contributed by atoms with E-state index in [1.807, 2.05) is 4.90 Å². The molecule has 5 nitrogen and oxygen atoms in total. The fourth-order valence-electron chi connectivity index (χ4n) is 2.90. The second-order valence-corrected chi connectivity index (χ2v) is 7.37. The molecule has 0 aliphatic carbocycles. The minimum Gasteiger partial charge on any atom is -0.383 e. The lowest BCUT2D eigenvalue weighted by Crippen LogP contribution is -2.38. The Labute approximate surface area is 148 Å². The van der Waals surface area contributed by atoms with E-state index < -0.39 is 0 Å². The van der Waals surface area contributed by atoms with Gasteiger partial charge in [-0.25, -0.2) is 0 Å². The van der Waals surface area contributed by atoms with Crippen molar-refractivity contribution in [2.45, 2.75) is 57.1 Å². The Bertz CT molecular complexity index is 368. The zero-order chi connectivity index (χ0) is 17.1. The van der Waals surface area contributed by atoms with Crippen LogP contribution in [0.25, 0.3) is 0 Å². The van der Waals surface area contributed by atoms with Crippen LogP contribution in [-0.2, 0) is 19.1 Å². The molecule has 2 atom stereocenters. The highest BCUT2D eigenvalue weighted by Gasteiger charge is 2.34. The predicted octanol–water partition coefficient (Wildman–Crippen LogP) is 2.74. The first-order valence-electron chi connectivity index (χ1n) is 8.21. The first-order valence-corrected chi connectivity index (χ1v) is 10.3. The van der Waals surface area contributed by atoms with Crippen molar-refractivity contribution in [2.75, 3.05) is 33.1 Å². The van der Waals surface area contributed by atoms with E-state index >= 15 is 0 Å². The summed E-state index contributed by atoms with van der Waals surface area (Å²) in [5, 5.41) is 0. The second-order valence-electron chi connectivity index (χ2n) is 5.93. The number of amides is 1. The number of ketones is 1. The summed E-state index contributed by atoms with van der Waals surface area (Å²) in [7, 11) is 4.80. The summed E-state index contributed by atoms with van der Waals surface area (Å²) >= 11 is 4.05. The summed E-state index contributed by atoms with van der Waals surface area (Å²) < 4.78 is 10.6. The van der Waals surface area contributed by atoms with Gasteiger partial charge >= 0.3 is 0 Å². The molecular formula is C16H29NO4S2. The second kappa shape index (κ2) is 12.2. The van der Waals surface area contributed by atoms with Crippen molar-refractivity contribution in [2.24, 2.45) is 0 Å². The maximum atomic E-state index is 12.4. The summed E-state index contributed by atoms with van der Waals surface area (Å²) in [5.41, 5.74) is 0. The molecular weight excluding hydrogens is 334 g/mol. The molecule has 0 radical (unpaired) electrons. The van der Waals surface area contributed by atoms with Gasteiger partial charge in [-0.1, -0.05) is 10.8 Å². The summed E-state index contributed by atoms with van der Waals surface area (Å²) in [6, 6.07) is 0.109. The monoisotopic (exact) mass is 363 g/mol. The molecule has 0 unspecified atom stereocenters. The lowest BCUT2D eigenvalue weighted by atomic mass is 10.1. The standard InChI is InChI=1S/C16H29NO4S2/c1-20-12-13-10-15(21-2)11-17(13)16(19)8-4-3-6-14(18)7-5-9-23-22/h13,15,22H,3-12H2,1-2H3/t13-,15+/m1/s1. The van der Waals surface area contributed by atoms with E-state index in [9.17, 15) is 9.59 Å².